The smallest absolute Gasteiger partial charge is 0.224 e. The second kappa shape index (κ2) is 9.40. The van der Waals surface area contributed by atoms with Gasteiger partial charge in [-0.1, -0.05) is 18.9 Å². The van der Waals surface area contributed by atoms with Crippen LogP contribution < -0.4 is 16.0 Å². The normalized spacial score (nSPS) is 10.7. The Kier molecular flexibility index (Phi) is 7.83. The molecule has 0 aliphatic carbocycles. The number of unbranched alkanes of at least 4 members (excludes halogenated alkanes) is 3. The van der Waals surface area contributed by atoms with Crippen molar-refractivity contribution in [3.05, 3.63) is 24.3 Å². The van der Waals surface area contributed by atoms with Crippen molar-refractivity contribution < 1.29 is 4.79 Å². The van der Waals surface area contributed by atoms with Crippen molar-refractivity contribution in [1.29, 1.82) is 0 Å². The summed E-state index contributed by atoms with van der Waals surface area (Å²) in [6, 6.07) is 8.42. The predicted octanol–water partition coefficient (Wildman–Crippen LogP) is 3.38. The van der Waals surface area contributed by atoms with Crippen LogP contribution in [-0.2, 0) is 4.79 Å². The molecule has 1 aromatic carbocycles. The summed E-state index contributed by atoms with van der Waals surface area (Å²) in [5.41, 5.74) is 7.43. The first-order valence-electron chi connectivity index (χ1n) is 7.87. The van der Waals surface area contributed by atoms with E-state index in [-0.39, 0.29) is 5.91 Å². The van der Waals surface area contributed by atoms with Crippen LogP contribution in [0.2, 0.25) is 0 Å². The summed E-state index contributed by atoms with van der Waals surface area (Å²) in [5.74, 6) is 0.0899. The van der Waals surface area contributed by atoms with E-state index >= 15 is 0 Å². The molecular weight excluding hydrogens is 262 g/mol. The number of anilines is 2. The molecule has 4 heteroatoms. The van der Waals surface area contributed by atoms with E-state index in [9.17, 15) is 4.79 Å². The summed E-state index contributed by atoms with van der Waals surface area (Å²) in [4.78, 5) is 14.1. The zero-order valence-corrected chi connectivity index (χ0v) is 13.6. The summed E-state index contributed by atoms with van der Waals surface area (Å²) in [7, 11) is 2.06. The molecule has 4 nitrogen and oxygen atoms in total. The van der Waals surface area contributed by atoms with Crippen LogP contribution in [0.15, 0.2) is 24.3 Å². The lowest BCUT2D eigenvalue weighted by Gasteiger charge is -2.24. The molecule has 0 aliphatic rings. The van der Waals surface area contributed by atoms with Crippen molar-refractivity contribution in [1.82, 2.24) is 0 Å². The maximum absolute atomic E-state index is 11.9. The summed E-state index contributed by atoms with van der Waals surface area (Å²) >= 11 is 0. The van der Waals surface area contributed by atoms with E-state index in [1.165, 1.54) is 0 Å². The van der Waals surface area contributed by atoms with E-state index in [1.54, 1.807) is 0 Å². The number of benzene rings is 1. The van der Waals surface area contributed by atoms with Gasteiger partial charge in [0.05, 0.1) is 0 Å². The van der Waals surface area contributed by atoms with Crippen molar-refractivity contribution in [3.63, 3.8) is 0 Å². The van der Waals surface area contributed by atoms with Crippen LogP contribution in [0, 0.1) is 0 Å². The predicted molar refractivity (Wildman–Crippen MR) is 90.8 cm³/mol. The number of amides is 1. The Morgan fingerprint density at radius 1 is 1.24 bits per heavy atom. The van der Waals surface area contributed by atoms with Gasteiger partial charge in [0.1, 0.15) is 0 Å². The van der Waals surface area contributed by atoms with Crippen molar-refractivity contribution in [2.45, 2.75) is 52.0 Å². The van der Waals surface area contributed by atoms with Gasteiger partial charge in [-0.25, -0.2) is 0 Å². The number of nitrogens with two attached hydrogens (primary N) is 1. The topological polar surface area (TPSA) is 58.4 Å². The third-order valence-corrected chi connectivity index (χ3v) is 3.67. The van der Waals surface area contributed by atoms with Crippen LogP contribution >= 0.6 is 0 Å². The molecule has 118 valence electrons. The van der Waals surface area contributed by atoms with E-state index in [0.29, 0.717) is 12.5 Å². The van der Waals surface area contributed by atoms with Gasteiger partial charge in [0.25, 0.3) is 0 Å². The second-order valence-corrected chi connectivity index (χ2v) is 5.76. The van der Waals surface area contributed by atoms with Gasteiger partial charge < -0.3 is 16.0 Å². The van der Waals surface area contributed by atoms with Crippen LogP contribution in [0.1, 0.15) is 46.0 Å². The zero-order valence-electron chi connectivity index (χ0n) is 13.6. The number of hydrogen-bond donors (Lipinski definition) is 2. The molecule has 0 saturated heterocycles. The summed E-state index contributed by atoms with van der Waals surface area (Å²) in [6.07, 6.45) is 4.73. The third kappa shape index (κ3) is 6.63. The standard InChI is InChI=1S/C17H29N3O/c1-14(2)20(3)16-10-8-9-15(13-16)19-17(21)11-6-4-5-7-12-18/h8-10,13-14H,4-7,11-12,18H2,1-3H3,(H,19,21). The van der Waals surface area contributed by atoms with Crippen LogP contribution in [0.3, 0.4) is 0 Å². The molecule has 0 atom stereocenters. The minimum atomic E-state index is 0.0899. The van der Waals surface area contributed by atoms with Gasteiger partial charge in [-0.3, -0.25) is 4.79 Å². The van der Waals surface area contributed by atoms with Crippen LogP contribution in [0.4, 0.5) is 11.4 Å². The summed E-state index contributed by atoms with van der Waals surface area (Å²) in [5, 5.41) is 2.98. The average Bonchev–Trinajstić information content (AvgIpc) is 2.46. The highest BCUT2D eigenvalue weighted by molar-refractivity contribution is 5.91. The van der Waals surface area contributed by atoms with E-state index in [4.69, 9.17) is 5.73 Å². The van der Waals surface area contributed by atoms with Gasteiger partial charge in [0, 0.05) is 30.9 Å². The Balaban J connectivity index is 2.43. The van der Waals surface area contributed by atoms with Crippen LogP contribution in [0.25, 0.3) is 0 Å². The fourth-order valence-corrected chi connectivity index (χ4v) is 2.11. The van der Waals surface area contributed by atoms with Crippen molar-refractivity contribution in [2.24, 2.45) is 5.73 Å². The van der Waals surface area contributed by atoms with Crippen molar-refractivity contribution in [2.75, 3.05) is 23.8 Å². The lowest BCUT2D eigenvalue weighted by molar-refractivity contribution is -0.116. The maximum atomic E-state index is 11.9. The molecule has 1 rings (SSSR count). The second-order valence-electron chi connectivity index (χ2n) is 5.76. The minimum absolute atomic E-state index is 0.0899. The third-order valence-electron chi connectivity index (χ3n) is 3.67. The molecule has 3 N–H and O–H groups in total. The number of rotatable bonds is 9. The quantitative estimate of drug-likeness (QED) is 0.686. The molecule has 0 fully saturated rings. The Bertz CT molecular complexity index is 432. The molecule has 0 saturated carbocycles. The highest BCUT2D eigenvalue weighted by atomic mass is 16.1. The molecule has 0 aromatic heterocycles. The van der Waals surface area contributed by atoms with Crippen molar-refractivity contribution >= 4 is 17.3 Å². The molecule has 0 spiro atoms. The molecule has 0 unspecified atom stereocenters. The first kappa shape index (κ1) is 17.5. The van der Waals surface area contributed by atoms with Crippen LogP contribution in [0.5, 0.6) is 0 Å². The maximum Gasteiger partial charge on any atom is 0.224 e. The molecule has 0 aliphatic heterocycles. The summed E-state index contributed by atoms with van der Waals surface area (Å²) in [6.45, 7) is 5.03. The molecule has 0 bridgehead atoms. The monoisotopic (exact) mass is 291 g/mol. The minimum Gasteiger partial charge on any atom is -0.372 e. The summed E-state index contributed by atoms with van der Waals surface area (Å²) < 4.78 is 0. The largest absolute Gasteiger partial charge is 0.372 e. The molecule has 21 heavy (non-hydrogen) atoms. The number of carbonyl (C=O) groups is 1. The Morgan fingerprint density at radius 2 is 1.95 bits per heavy atom. The highest BCUT2D eigenvalue weighted by Gasteiger charge is 2.07. The Hall–Kier alpha value is -1.55. The molecule has 0 radical (unpaired) electrons. The first-order valence-corrected chi connectivity index (χ1v) is 7.87. The van der Waals surface area contributed by atoms with Crippen molar-refractivity contribution in [3.8, 4) is 0 Å². The van der Waals surface area contributed by atoms with E-state index in [2.05, 4.69) is 37.2 Å². The fourth-order valence-electron chi connectivity index (χ4n) is 2.11. The fraction of sp³-hybridized carbons (Fsp3) is 0.588. The SMILES string of the molecule is CC(C)N(C)c1cccc(NC(=O)CCCCCCN)c1. The molecule has 1 aromatic rings. The van der Waals surface area contributed by atoms with E-state index < -0.39 is 0 Å². The van der Waals surface area contributed by atoms with Gasteiger partial charge in [0.15, 0.2) is 0 Å². The zero-order chi connectivity index (χ0) is 15.7. The van der Waals surface area contributed by atoms with E-state index in [0.717, 1.165) is 43.6 Å². The molecular formula is C17H29N3O. The van der Waals surface area contributed by atoms with E-state index in [1.807, 2.05) is 18.2 Å². The number of hydrogen-bond acceptors (Lipinski definition) is 3. The number of nitrogens with one attached hydrogen (secondary N) is 1. The van der Waals surface area contributed by atoms with Crippen LogP contribution in [-0.4, -0.2) is 25.5 Å². The first-order chi connectivity index (χ1) is 10.0. The number of carbonyl (C=O) groups excluding carboxylic acids is 1. The Morgan fingerprint density at radius 3 is 2.62 bits per heavy atom. The Labute approximate surface area is 128 Å². The lowest BCUT2D eigenvalue weighted by atomic mass is 10.1. The highest BCUT2D eigenvalue weighted by Crippen LogP contribution is 2.20. The molecule has 1 amide bonds. The number of nitrogens with zero attached hydrogens (tertiary/aromatic N) is 1. The van der Waals surface area contributed by atoms with Gasteiger partial charge in [-0.2, -0.15) is 0 Å². The van der Waals surface area contributed by atoms with Gasteiger partial charge in [-0.15, -0.1) is 0 Å². The average molecular weight is 291 g/mol. The van der Waals surface area contributed by atoms with Gasteiger partial charge >= 0.3 is 0 Å². The van der Waals surface area contributed by atoms with Gasteiger partial charge in [0.2, 0.25) is 5.91 Å². The lowest BCUT2D eigenvalue weighted by Crippen LogP contribution is -2.25. The van der Waals surface area contributed by atoms with Gasteiger partial charge in [-0.05, 0) is 51.4 Å². The molecule has 0 heterocycles.